The first-order valence-electron chi connectivity index (χ1n) is 6.77. The summed E-state index contributed by atoms with van der Waals surface area (Å²) in [7, 11) is -3.75. The van der Waals surface area contributed by atoms with Crippen LogP contribution in [0.1, 0.15) is 5.56 Å². The number of phenols is 1. The molecule has 3 aromatic rings. The van der Waals surface area contributed by atoms with Gasteiger partial charge in [-0.15, -0.1) is 0 Å². The van der Waals surface area contributed by atoms with Crippen molar-refractivity contribution < 1.29 is 13.5 Å². The fourth-order valence-electron chi connectivity index (χ4n) is 2.27. The van der Waals surface area contributed by atoms with Crippen LogP contribution in [0, 0.1) is 6.92 Å². The molecule has 3 aromatic carbocycles. The Bertz CT molecular complexity index is 949. The predicted octanol–water partition coefficient (Wildman–Crippen LogP) is 3.65. The molecule has 0 aliphatic carbocycles. The molecular weight excluding hydrogens is 298 g/mol. The number of rotatable bonds is 3. The van der Waals surface area contributed by atoms with E-state index in [2.05, 4.69) is 4.72 Å². The SMILES string of the molecule is Cc1ccc(NS(=O)(=O)c2ccc3ccccc3c2)c(O)c1. The number of fused-ring (bicyclic) bond motifs is 1. The number of aromatic hydroxyl groups is 1. The number of nitrogens with one attached hydrogen (secondary N) is 1. The van der Waals surface area contributed by atoms with Crippen LogP contribution in [0.3, 0.4) is 0 Å². The molecule has 2 N–H and O–H groups in total. The molecule has 0 saturated carbocycles. The standard InChI is InChI=1S/C17H15NO3S/c1-12-6-9-16(17(19)10-12)18-22(20,21)15-8-7-13-4-2-3-5-14(13)11-15/h2-11,18-19H,1H3. The van der Waals surface area contributed by atoms with Gasteiger partial charge in [-0.1, -0.05) is 36.4 Å². The molecule has 112 valence electrons. The lowest BCUT2D eigenvalue weighted by atomic mass is 10.1. The van der Waals surface area contributed by atoms with Gasteiger partial charge >= 0.3 is 0 Å². The molecule has 0 radical (unpaired) electrons. The summed E-state index contributed by atoms with van der Waals surface area (Å²) in [5, 5.41) is 11.7. The van der Waals surface area contributed by atoms with Gasteiger partial charge in [-0.05, 0) is 47.5 Å². The zero-order valence-electron chi connectivity index (χ0n) is 11.9. The minimum absolute atomic E-state index is 0.0932. The van der Waals surface area contributed by atoms with E-state index in [1.54, 1.807) is 30.3 Å². The monoisotopic (exact) mass is 313 g/mol. The summed E-state index contributed by atoms with van der Waals surface area (Å²) < 4.78 is 27.3. The molecule has 0 saturated heterocycles. The van der Waals surface area contributed by atoms with Crippen molar-refractivity contribution in [1.29, 1.82) is 0 Å². The first-order valence-corrected chi connectivity index (χ1v) is 8.25. The van der Waals surface area contributed by atoms with Crippen LogP contribution in [0.25, 0.3) is 10.8 Å². The van der Waals surface area contributed by atoms with E-state index in [-0.39, 0.29) is 16.3 Å². The van der Waals surface area contributed by atoms with Crippen molar-refractivity contribution in [3.8, 4) is 5.75 Å². The maximum Gasteiger partial charge on any atom is 0.262 e. The number of hydrogen-bond acceptors (Lipinski definition) is 3. The molecule has 0 aliphatic rings. The summed E-state index contributed by atoms with van der Waals surface area (Å²) in [5.41, 5.74) is 1.02. The molecule has 0 aliphatic heterocycles. The van der Waals surface area contributed by atoms with Crippen LogP contribution in [0.15, 0.2) is 65.6 Å². The van der Waals surface area contributed by atoms with Crippen molar-refractivity contribution in [1.82, 2.24) is 0 Å². The first kappa shape index (κ1) is 14.4. The maximum absolute atomic E-state index is 12.5. The first-order chi connectivity index (χ1) is 10.5. The largest absolute Gasteiger partial charge is 0.506 e. The van der Waals surface area contributed by atoms with Crippen LogP contribution in [-0.4, -0.2) is 13.5 Å². The summed E-state index contributed by atoms with van der Waals surface area (Å²) in [6, 6.07) is 17.3. The Morgan fingerprint density at radius 3 is 2.36 bits per heavy atom. The smallest absolute Gasteiger partial charge is 0.262 e. The number of phenolic OH excluding ortho intramolecular Hbond substituents is 1. The maximum atomic E-state index is 12.5. The summed E-state index contributed by atoms with van der Waals surface area (Å²) >= 11 is 0. The van der Waals surface area contributed by atoms with Crippen molar-refractivity contribution in [2.45, 2.75) is 11.8 Å². The minimum atomic E-state index is -3.75. The minimum Gasteiger partial charge on any atom is -0.506 e. The van der Waals surface area contributed by atoms with Gasteiger partial charge in [0.25, 0.3) is 10.0 Å². The van der Waals surface area contributed by atoms with Crippen LogP contribution in [0.5, 0.6) is 5.75 Å². The van der Waals surface area contributed by atoms with Crippen LogP contribution < -0.4 is 4.72 Å². The topological polar surface area (TPSA) is 66.4 Å². The van der Waals surface area contributed by atoms with E-state index in [4.69, 9.17) is 0 Å². The van der Waals surface area contributed by atoms with Crippen molar-refractivity contribution in [2.24, 2.45) is 0 Å². The lowest BCUT2D eigenvalue weighted by Gasteiger charge is -2.10. The molecule has 4 nitrogen and oxygen atoms in total. The van der Waals surface area contributed by atoms with Crippen molar-refractivity contribution in [3.63, 3.8) is 0 Å². The fourth-order valence-corrected chi connectivity index (χ4v) is 3.38. The number of benzene rings is 3. The van der Waals surface area contributed by atoms with Gasteiger partial charge in [-0.2, -0.15) is 0 Å². The Hall–Kier alpha value is -2.53. The Morgan fingerprint density at radius 2 is 1.64 bits per heavy atom. The van der Waals surface area contributed by atoms with Crippen molar-refractivity contribution in [3.05, 3.63) is 66.2 Å². The zero-order valence-corrected chi connectivity index (χ0v) is 12.8. The quantitative estimate of drug-likeness (QED) is 0.725. The number of anilines is 1. The molecule has 0 heterocycles. The highest BCUT2D eigenvalue weighted by Crippen LogP contribution is 2.27. The Labute approximate surface area is 129 Å². The summed E-state index contributed by atoms with van der Waals surface area (Å²) in [6.45, 7) is 1.82. The highest BCUT2D eigenvalue weighted by atomic mass is 32.2. The number of aryl methyl sites for hydroxylation is 1. The molecule has 0 spiro atoms. The van der Waals surface area contributed by atoms with E-state index in [0.29, 0.717) is 0 Å². The fraction of sp³-hybridized carbons (Fsp3) is 0.0588. The van der Waals surface area contributed by atoms with Gasteiger partial charge in [0.2, 0.25) is 0 Å². The highest BCUT2D eigenvalue weighted by Gasteiger charge is 2.16. The molecular formula is C17H15NO3S. The molecule has 3 rings (SSSR count). The van der Waals surface area contributed by atoms with E-state index >= 15 is 0 Å². The Kier molecular flexibility index (Phi) is 3.50. The highest BCUT2D eigenvalue weighted by molar-refractivity contribution is 7.92. The van der Waals surface area contributed by atoms with Crippen molar-refractivity contribution in [2.75, 3.05) is 4.72 Å². The zero-order chi connectivity index (χ0) is 15.7. The third kappa shape index (κ3) is 2.76. The van der Waals surface area contributed by atoms with Crippen LogP contribution in [0.2, 0.25) is 0 Å². The number of hydrogen-bond donors (Lipinski definition) is 2. The second-order valence-electron chi connectivity index (χ2n) is 5.14. The van der Waals surface area contributed by atoms with E-state index in [9.17, 15) is 13.5 Å². The van der Waals surface area contributed by atoms with Gasteiger partial charge in [-0.3, -0.25) is 4.72 Å². The lowest BCUT2D eigenvalue weighted by molar-refractivity contribution is 0.477. The van der Waals surface area contributed by atoms with Gasteiger partial charge in [0.15, 0.2) is 0 Å². The van der Waals surface area contributed by atoms with E-state index < -0.39 is 10.0 Å². The van der Waals surface area contributed by atoms with E-state index in [1.807, 2.05) is 31.2 Å². The van der Waals surface area contributed by atoms with Crippen molar-refractivity contribution >= 4 is 26.5 Å². The van der Waals surface area contributed by atoms with Crippen LogP contribution in [0.4, 0.5) is 5.69 Å². The molecule has 0 aromatic heterocycles. The molecule has 0 bridgehead atoms. The average molecular weight is 313 g/mol. The van der Waals surface area contributed by atoms with Gasteiger partial charge in [0, 0.05) is 0 Å². The third-order valence-electron chi connectivity index (χ3n) is 3.43. The van der Waals surface area contributed by atoms with Crippen LogP contribution in [-0.2, 0) is 10.0 Å². The molecule has 5 heteroatoms. The summed E-state index contributed by atoms with van der Waals surface area (Å²) in [5.74, 6) is -0.0932. The molecule has 0 fully saturated rings. The molecule has 0 atom stereocenters. The normalized spacial score (nSPS) is 11.5. The second-order valence-corrected chi connectivity index (χ2v) is 6.82. The number of sulfonamides is 1. The second kappa shape index (κ2) is 5.35. The van der Waals surface area contributed by atoms with E-state index in [0.717, 1.165) is 16.3 Å². The van der Waals surface area contributed by atoms with Gasteiger partial charge in [-0.25, -0.2) is 8.42 Å². The summed E-state index contributed by atoms with van der Waals surface area (Å²) in [4.78, 5) is 0.158. The molecule has 0 amide bonds. The van der Waals surface area contributed by atoms with Gasteiger partial charge < -0.3 is 5.11 Å². The third-order valence-corrected chi connectivity index (χ3v) is 4.79. The molecule has 22 heavy (non-hydrogen) atoms. The molecule has 0 unspecified atom stereocenters. The lowest BCUT2D eigenvalue weighted by Crippen LogP contribution is -2.13. The predicted molar refractivity (Wildman–Crippen MR) is 87.6 cm³/mol. The van der Waals surface area contributed by atoms with E-state index in [1.165, 1.54) is 6.07 Å². The van der Waals surface area contributed by atoms with Crippen LogP contribution >= 0.6 is 0 Å². The van der Waals surface area contributed by atoms with Gasteiger partial charge in [0.1, 0.15) is 5.75 Å². The summed E-state index contributed by atoms with van der Waals surface area (Å²) in [6.07, 6.45) is 0. The van der Waals surface area contributed by atoms with Gasteiger partial charge in [0.05, 0.1) is 10.6 Å². The Balaban J connectivity index is 2.00. The Morgan fingerprint density at radius 1 is 0.909 bits per heavy atom. The average Bonchev–Trinajstić information content (AvgIpc) is 2.49.